The lowest BCUT2D eigenvalue weighted by atomic mass is 10.3. The Bertz CT molecular complexity index is 93.8. The van der Waals surface area contributed by atoms with E-state index in [4.69, 9.17) is 5.11 Å². The number of halogens is 1. The van der Waals surface area contributed by atoms with Crippen molar-refractivity contribution in [1.82, 2.24) is 3.53 Å². The Balaban J connectivity index is 3.64. The number of carbonyl (C=O) groups excluding carboxylic acids is 1. The topological polar surface area (TPSA) is 58.6 Å². The van der Waals surface area contributed by atoms with E-state index in [0.29, 0.717) is 0 Å². The summed E-state index contributed by atoms with van der Waals surface area (Å²) < 4.78 is 6.88. The Hall–Kier alpha value is 0.120. The molecule has 4 nitrogen and oxygen atoms in total. The molecule has 0 heterocycles. The van der Waals surface area contributed by atoms with Crippen molar-refractivity contribution in [2.24, 2.45) is 0 Å². The molecule has 0 aliphatic rings. The number of methoxy groups -OCH3 is 1. The summed E-state index contributed by atoms with van der Waals surface area (Å²) in [5, 5.41) is 8.46. The summed E-state index contributed by atoms with van der Waals surface area (Å²) in [6, 6.07) is -0.601. The molecular weight excluding hydrogens is 237 g/mol. The average Bonchev–Trinajstić information content (AvgIpc) is 1.90. The summed E-state index contributed by atoms with van der Waals surface area (Å²) >= 11 is 1.78. The lowest BCUT2D eigenvalue weighted by Gasteiger charge is -2.07. The molecule has 0 fully saturated rings. The zero-order chi connectivity index (χ0) is 7.28. The van der Waals surface area contributed by atoms with Crippen molar-refractivity contribution in [2.45, 2.75) is 6.04 Å². The van der Waals surface area contributed by atoms with Crippen molar-refractivity contribution in [3.05, 3.63) is 0 Å². The van der Waals surface area contributed by atoms with Crippen LogP contribution in [0, 0.1) is 0 Å². The number of rotatable bonds is 3. The van der Waals surface area contributed by atoms with Crippen molar-refractivity contribution >= 4 is 28.8 Å². The second kappa shape index (κ2) is 4.95. The van der Waals surface area contributed by atoms with E-state index in [1.54, 1.807) is 22.9 Å². The van der Waals surface area contributed by atoms with Crippen LogP contribution in [-0.4, -0.2) is 30.8 Å². The number of aliphatic hydroxyl groups is 1. The van der Waals surface area contributed by atoms with Gasteiger partial charge in [-0.3, -0.25) is 4.79 Å². The third-order valence-corrected chi connectivity index (χ3v) is 1.55. The minimum Gasteiger partial charge on any atom is -0.468 e. The number of esters is 1. The van der Waals surface area contributed by atoms with Crippen LogP contribution in [0.25, 0.3) is 0 Å². The lowest BCUT2D eigenvalue weighted by molar-refractivity contribution is -0.143. The second-order valence-corrected chi connectivity index (χ2v) is 1.99. The summed E-state index contributed by atoms with van der Waals surface area (Å²) in [5.41, 5.74) is 0. The summed E-state index contributed by atoms with van der Waals surface area (Å²) in [7, 11) is 1.28. The SMILES string of the molecule is COC(=O)[C@H](CO)NI. The molecule has 0 amide bonds. The van der Waals surface area contributed by atoms with Gasteiger partial charge in [0.1, 0.15) is 6.04 Å². The second-order valence-electron chi connectivity index (χ2n) is 1.37. The molecule has 54 valence electrons. The van der Waals surface area contributed by atoms with E-state index in [9.17, 15) is 4.79 Å². The predicted octanol–water partition coefficient (Wildman–Crippen LogP) is -0.540. The summed E-state index contributed by atoms with van der Waals surface area (Å²) in [6.07, 6.45) is 0. The molecule has 0 bridgehead atoms. The highest BCUT2D eigenvalue weighted by atomic mass is 127. The number of aliphatic hydroxyl groups excluding tert-OH is 1. The molecule has 0 aromatic heterocycles. The standard InChI is InChI=1S/C4H8INO3/c1-9-4(8)3(2-7)6-5/h3,6-7H,2H2,1H3/t3-/m0/s1. The van der Waals surface area contributed by atoms with Gasteiger partial charge in [-0.1, -0.05) is 0 Å². The molecule has 0 aromatic carbocycles. The van der Waals surface area contributed by atoms with Gasteiger partial charge in [0.25, 0.3) is 0 Å². The van der Waals surface area contributed by atoms with Crippen LogP contribution in [0.3, 0.4) is 0 Å². The van der Waals surface area contributed by atoms with E-state index in [0.717, 1.165) is 0 Å². The van der Waals surface area contributed by atoms with E-state index < -0.39 is 12.0 Å². The minimum atomic E-state index is -0.601. The molecule has 2 N–H and O–H groups in total. The highest BCUT2D eigenvalue weighted by Gasteiger charge is 2.14. The third kappa shape index (κ3) is 2.97. The van der Waals surface area contributed by atoms with Crippen molar-refractivity contribution in [2.75, 3.05) is 13.7 Å². The van der Waals surface area contributed by atoms with E-state index >= 15 is 0 Å². The third-order valence-electron chi connectivity index (χ3n) is 0.800. The van der Waals surface area contributed by atoms with Crippen molar-refractivity contribution in [3.63, 3.8) is 0 Å². The number of ether oxygens (including phenoxy) is 1. The number of carbonyl (C=O) groups is 1. The van der Waals surface area contributed by atoms with Crippen molar-refractivity contribution in [1.29, 1.82) is 0 Å². The Kier molecular flexibility index (Phi) is 5.02. The Morgan fingerprint density at radius 1 is 2.00 bits per heavy atom. The Morgan fingerprint density at radius 2 is 2.56 bits per heavy atom. The molecule has 1 atom stereocenters. The maximum Gasteiger partial charge on any atom is 0.325 e. The quantitative estimate of drug-likeness (QED) is 0.398. The van der Waals surface area contributed by atoms with Crippen LogP contribution in [-0.2, 0) is 9.53 Å². The molecule has 0 rings (SSSR count). The maximum atomic E-state index is 10.5. The molecule has 0 radical (unpaired) electrons. The first-order chi connectivity index (χ1) is 4.26. The Morgan fingerprint density at radius 3 is 2.67 bits per heavy atom. The molecule has 0 aliphatic heterocycles. The highest BCUT2D eigenvalue weighted by molar-refractivity contribution is 14.1. The molecule has 0 spiro atoms. The largest absolute Gasteiger partial charge is 0.468 e. The molecule has 0 aromatic rings. The first kappa shape index (κ1) is 9.12. The van der Waals surface area contributed by atoms with Gasteiger partial charge in [0.2, 0.25) is 0 Å². The molecule has 0 aliphatic carbocycles. The average molecular weight is 245 g/mol. The van der Waals surface area contributed by atoms with E-state index in [-0.39, 0.29) is 6.61 Å². The molecule has 5 heteroatoms. The van der Waals surface area contributed by atoms with Crippen LogP contribution in [0.15, 0.2) is 0 Å². The van der Waals surface area contributed by atoms with E-state index in [1.807, 2.05) is 0 Å². The first-order valence-electron chi connectivity index (χ1n) is 2.31. The normalized spacial score (nSPS) is 12.8. The fraction of sp³-hybridized carbons (Fsp3) is 0.750. The van der Waals surface area contributed by atoms with Crippen LogP contribution in [0.4, 0.5) is 0 Å². The molecule has 0 saturated heterocycles. The lowest BCUT2D eigenvalue weighted by Crippen LogP contribution is -2.34. The monoisotopic (exact) mass is 245 g/mol. The van der Waals surface area contributed by atoms with Crippen molar-refractivity contribution in [3.8, 4) is 0 Å². The summed E-state index contributed by atoms with van der Waals surface area (Å²) in [4.78, 5) is 10.5. The van der Waals surface area contributed by atoms with Crippen LogP contribution < -0.4 is 3.53 Å². The van der Waals surface area contributed by atoms with Gasteiger partial charge >= 0.3 is 5.97 Å². The van der Waals surface area contributed by atoms with Gasteiger partial charge in [0, 0.05) is 22.9 Å². The van der Waals surface area contributed by atoms with Gasteiger partial charge in [-0.25, -0.2) is 3.53 Å². The van der Waals surface area contributed by atoms with Gasteiger partial charge < -0.3 is 9.84 Å². The number of hydrogen-bond acceptors (Lipinski definition) is 4. The van der Waals surface area contributed by atoms with Crippen LogP contribution in [0.1, 0.15) is 0 Å². The molecular formula is C4H8INO3. The van der Waals surface area contributed by atoms with E-state index in [2.05, 4.69) is 8.27 Å². The van der Waals surface area contributed by atoms with Gasteiger partial charge in [-0.2, -0.15) is 0 Å². The van der Waals surface area contributed by atoms with Crippen LogP contribution in [0.2, 0.25) is 0 Å². The van der Waals surface area contributed by atoms with E-state index in [1.165, 1.54) is 7.11 Å². The fourth-order valence-corrected chi connectivity index (χ4v) is 0.747. The number of hydrogen-bond donors (Lipinski definition) is 2. The fourth-order valence-electron chi connectivity index (χ4n) is 0.296. The van der Waals surface area contributed by atoms with Crippen LogP contribution in [0.5, 0.6) is 0 Å². The summed E-state index contributed by atoms with van der Waals surface area (Å²) in [5.74, 6) is -0.452. The Labute approximate surface area is 67.1 Å². The minimum absolute atomic E-state index is 0.240. The zero-order valence-electron chi connectivity index (χ0n) is 4.93. The molecule has 0 unspecified atom stereocenters. The van der Waals surface area contributed by atoms with Gasteiger partial charge in [0.15, 0.2) is 0 Å². The van der Waals surface area contributed by atoms with Gasteiger partial charge in [-0.15, -0.1) is 0 Å². The van der Waals surface area contributed by atoms with Crippen molar-refractivity contribution < 1.29 is 14.6 Å². The maximum absolute atomic E-state index is 10.5. The molecule has 0 saturated carbocycles. The highest BCUT2D eigenvalue weighted by Crippen LogP contribution is 1.88. The van der Waals surface area contributed by atoms with Gasteiger partial charge in [-0.05, 0) is 0 Å². The zero-order valence-corrected chi connectivity index (χ0v) is 7.08. The number of nitrogens with one attached hydrogen (secondary N) is 1. The molecule has 9 heavy (non-hydrogen) atoms. The van der Waals surface area contributed by atoms with Crippen LogP contribution >= 0.6 is 22.9 Å². The smallest absolute Gasteiger partial charge is 0.325 e. The first-order valence-corrected chi connectivity index (χ1v) is 3.39. The van der Waals surface area contributed by atoms with Gasteiger partial charge in [0.05, 0.1) is 13.7 Å². The predicted molar refractivity (Wildman–Crippen MR) is 40.0 cm³/mol. The summed E-state index contributed by atoms with van der Waals surface area (Å²) in [6.45, 7) is -0.240.